The Hall–Kier alpha value is -2.48. The number of nitrogens with zero attached hydrogens (tertiary/aromatic N) is 3. The third-order valence-electron chi connectivity index (χ3n) is 4.34. The lowest BCUT2D eigenvalue weighted by atomic mass is 10.1. The molecule has 0 bridgehead atoms. The molecule has 1 unspecified atom stereocenters. The normalized spacial score (nSPS) is 16.4. The molecule has 1 aromatic rings. The molecule has 1 aliphatic rings. The van der Waals surface area contributed by atoms with Crippen molar-refractivity contribution in [3.05, 3.63) is 39.9 Å². The maximum Gasteiger partial charge on any atom is 0.270 e. The molecule has 2 amide bonds. The molecule has 142 valence electrons. The standard InChI is InChI=1S/C18H26N4O4/c1-13(2)12-20-7-9-21(10-8-20)18(24)14(3)19-17(23)15-5-4-6-16(11-15)22(25)26/h4-6,11,13-14H,7-10,12H2,1-3H3,(H,19,23). The molecule has 1 fully saturated rings. The van der Waals surface area contributed by atoms with E-state index in [1.807, 2.05) is 0 Å². The van der Waals surface area contributed by atoms with E-state index in [-0.39, 0.29) is 17.2 Å². The molecule has 0 aliphatic carbocycles. The van der Waals surface area contributed by atoms with E-state index < -0.39 is 16.9 Å². The lowest BCUT2D eigenvalue weighted by Gasteiger charge is -2.36. The Kier molecular flexibility index (Phi) is 6.68. The Morgan fingerprint density at radius 2 is 1.85 bits per heavy atom. The number of nitrogens with one attached hydrogen (secondary N) is 1. The topological polar surface area (TPSA) is 95.8 Å². The zero-order valence-corrected chi connectivity index (χ0v) is 15.5. The summed E-state index contributed by atoms with van der Waals surface area (Å²) in [5.41, 5.74) is 0.0125. The van der Waals surface area contributed by atoms with Crippen LogP contribution in [0.15, 0.2) is 24.3 Å². The second-order valence-electron chi connectivity index (χ2n) is 7.02. The molecule has 26 heavy (non-hydrogen) atoms. The fraction of sp³-hybridized carbons (Fsp3) is 0.556. The highest BCUT2D eigenvalue weighted by molar-refractivity contribution is 5.97. The van der Waals surface area contributed by atoms with Crippen molar-refractivity contribution in [2.45, 2.75) is 26.8 Å². The Morgan fingerprint density at radius 3 is 2.42 bits per heavy atom. The quantitative estimate of drug-likeness (QED) is 0.611. The van der Waals surface area contributed by atoms with Crippen LogP contribution < -0.4 is 5.32 Å². The molecule has 1 atom stereocenters. The van der Waals surface area contributed by atoms with Crippen molar-refractivity contribution in [1.82, 2.24) is 15.1 Å². The molecule has 0 saturated carbocycles. The van der Waals surface area contributed by atoms with Gasteiger partial charge in [-0.2, -0.15) is 0 Å². The number of nitro benzene ring substituents is 1. The minimum atomic E-state index is -0.682. The fourth-order valence-electron chi connectivity index (χ4n) is 3.04. The summed E-state index contributed by atoms with van der Waals surface area (Å²) in [4.78, 5) is 39.2. The van der Waals surface area contributed by atoms with Crippen molar-refractivity contribution in [3.63, 3.8) is 0 Å². The second-order valence-corrected chi connectivity index (χ2v) is 7.02. The molecular formula is C18H26N4O4. The molecule has 1 heterocycles. The largest absolute Gasteiger partial charge is 0.341 e. The smallest absolute Gasteiger partial charge is 0.270 e. The van der Waals surface area contributed by atoms with E-state index in [0.717, 1.165) is 19.6 Å². The van der Waals surface area contributed by atoms with Crippen molar-refractivity contribution in [3.8, 4) is 0 Å². The van der Waals surface area contributed by atoms with Gasteiger partial charge in [-0.05, 0) is 18.9 Å². The van der Waals surface area contributed by atoms with Crippen molar-refractivity contribution in [2.24, 2.45) is 5.92 Å². The minimum Gasteiger partial charge on any atom is -0.341 e. The van der Waals surface area contributed by atoms with Crippen LogP contribution in [0.1, 0.15) is 31.1 Å². The SMILES string of the molecule is CC(C)CN1CCN(C(=O)C(C)NC(=O)c2cccc([N+](=O)[O-])c2)CC1. The first kappa shape index (κ1) is 19.8. The fourth-order valence-corrected chi connectivity index (χ4v) is 3.04. The van der Waals surface area contributed by atoms with Crippen LogP contribution in [0.3, 0.4) is 0 Å². The van der Waals surface area contributed by atoms with Crippen molar-refractivity contribution >= 4 is 17.5 Å². The van der Waals surface area contributed by atoms with Crippen LogP contribution in [0.5, 0.6) is 0 Å². The van der Waals surface area contributed by atoms with E-state index in [2.05, 4.69) is 24.1 Å². The van der Waals surface area contributed by atoms with Crippen LogP contribution in [-0.2, 0) is 4.79 Å². The van der Waals surface area contributed by atoms with Crippen LogP contribution in [0.2, 0.25) is 0 Å². The predicted octanol–water partition coefficient (Wildman–Crippen LogP) is 1.51. The molecule has 2 rings (SSSR count). The highest BCUT2D eigenvalue weighted by Crippen LogP contribution is 2.13. The van der Waals surface area contributed by atoms with Crippen molar-refractivity contribution in [1.29, 1.82) is 0 Å². The lowest BCUT2D eigenvalue weighted by molar-refractivity contribution is -0.384. The Morgan fingerprint density at radius 1 is 1.19 bits per heavy atom. The van der Waals surface area contributed by atoms with Gasteiger partial charge >= 0.3 is 0 Å². The molecule has 0 spiro atoms. The molecule has 0 radical (unpaired) electrons. The highest BCUT2D eigenvalue weighted by atomic mass is 16.6. The highest BCUT2D eigenvalue weighted by Gasteiger charge is 2.26. The van der Waals surface area contributed by atoms with Gasteiger partial charge in [-0.1, -0.05) is 19.9 Å². The van der Waals surface area contributed by atoms with Gasteiger partial charge in [0.05, 0.1) is 4.92 Å². The van der Waals surface area contributed by atoms with Crippen molar-refractivity contribution < 1.29 is 14.5 Å². The molecule has 1 aliphatic heterocycles. The van der Waals surface area contributed by atoms with E-state index in [4.69, 9.17) is 0 Å². The number of hydrogen-bond acceptors (Lipinski definition) is 5. The third kappa shape index (κ3) is 5.26. The summed E-state index contributed by atoms with van der Waals surface area (Å²) in [6.45, 7) is 9.93. The summed E-state index contributed by atoms with van der Waals surface area (Å²) in [6, 6.07) is 4.79. The van der Waals surface area contributed by atoms with Gasteiger partial charge in [-0.25, -0.2) is 0 Å². The predicted molar refractivity (Wildman–Crippen MR) is 97.9 cm³/mol. The Balaban J connectivity index is 1.90. The summed E-state index contributed by atoms with van der Waals surface area (Å²) >= 11 is 0. The summed E-state index contributed by atoms with van der Waals surface area (Å²) in [7, 11) is 0. The van der Waals surface area contributed by atoms with Crippen LogP contribution >= 0.6 is 0 Å². The van der Waals surface area contributed by atoms with E-state index in [0.29, 0.717) is 19.0 Å². The number of amides is 2. The summed E-state index contributed by atoms with van der Waals surface area (Å²) < 4.78 is 0. The molecule has 1 saturated heterocycles. The number of carbonyl (C=O) groups is 2. The number of hydrogen-bond donors (Lipinski definition) is 1. The Bertz CT molecular complexity index is 669. The first-order chi connectivity index (χ1) is 12.3. The van der Waals surface area contributed by atoms with Gasteiger partial charge in [0.15, 0.2) is 0 Å². The van der Waals surface area contributed by atoms with Crippen molar-refractivity contribution in [2.75, 3.05) is 32.7 Å². The number of benzene rings is 1. The van der Waals surface area contributed by atoms with E-state index >= 15 is 0 Å². The second kappa shape index (κ2) is 8.75. The molecule has 8 heteroatoms. The molecule has 8 nitrogen and oxygen atoms in total. The van der Waals surface area contributed by atoms with E-state index in [1.165, 1.54) is 24.3 Å². The van der Waals surface area contributed by atoms with Crippen LogP contribution in [-0.4, -0.2) is 65.3 Å². The van der Waals surface area contributed by atoms with Gasteiger partial charge in [0.25, 0.3) is 11.6 Å². The van der Waals surface area contributed by atoms with Gasteiger partial charge < -0.3 is 10.2 Å². The monoisotopic (exact) mass is 362 g/mol. The van der Waals surface area contributed by atoms with Gasteiger partial charge in [-0.3, -0.25) is 24.6 Å². The van der Waals surface area contributed by atoms with Crippen LogP contribution in [0.4, 0.5) is 5.69 Å². The molecular weight excluding hydrogens is 336 g/mol. The number of carbonyl (C=O) groups excluding carboxylic acids is 2. The number of rotatable bonds is 6. The number of nitro groups is 1. The first-order valence-electron chi connectivity index (χ1n) is 8.84. The molecule has 1 aromatic carbocycles. The van der Waals surface area contributed by atoms with E-state index in [9.17, 15) is 19.7 Å². The summed E-state index contributed by atoms with van der Waals surface area (Å²) in [5.74, 6) is -0.0358. The number of non-ortho nitro benzene ring substituents is 1. The number of piperazine rings is 1. The zero-order valence-electron chi connectivity index (χ0n) is 15.5. The zero-order chi connectivity index (χ0) is 19.3. The maximum absolute atomic E-state index is 12.6. The minimum absolute atomic E-state index is 0.132. The van der Waals surface area contributed by atoms with Gasteiger partial charge in [0.2, 0.25) is 5.91 Å². The maximum atomic E-state index is 12.6. The molecule has 1 N–H and O–H groups in total. The summed E-state index contributed by atoms with van der Waals surface area (Å²) in [5, 5.41) is 13.5. The van der Waals surface area contributed by atoms with Crippen LogP contribution in [0.25, 0.3) is 0 Å². The van der Waals surface area contributed by atoms with Gasteiger partial charge in [0.1, 0.15) is 6.04 Å². The van der Waals surface area contributed by atoms with Gasteiger partial charge in [0, 0.05) is 50.4 Å². The summed E-state index contributed by atoms with van der Waals surface area (Å²) in [6.07, 6.45) is 0. The lowest BCUT2D eigenvalue weighted by Crippen LogP contribution is -2.54. The Labute approximate surface area is 153 Å². The van der Waals surface area contributed by atoms with Crippen LogP contribution in [0, 0.1) is 16.0 Å². The van der Waals surface area contributed by atoms with E-state index in [1.54, 1.807) is 11.8 Å². The van der Waals surface area contributed by atoms with Gasteiger partial charge in [-0.15, -0.1) is 0 Å². The average molecular weight is 362 g/mol. The molecule has 0 aromatic heterocycles. The third-order valence-corrected chi connectivity index (χ3v) is 4.34. The first-order valence-corrected chi connectivity index (χ1v) is 8.84. The average Bonchev–Trinajstić information content (AvgIpc) is 2.61.